The van der Waals surface area contributed by atoms with Crippen LogP contribution >= 0.6 is 27.3 Å². The number of benzene rings is 1. The molecular weight excluding hydrogens is 478 g/mol. The average Bonchev–Trinajstić information content (AvgIpc) is 3.05. The van der Waals surface area contributed by atoms with Crippen LogP contribution in [0.2, 0.25) is 0 Å². The third-order valence-electron chi connectivity index (χ3n) is 3.05. The van der Waals surface area contributed by atoms with E-state index >= 15 is 0 Å². The number of aryl methyl sites for hydroxylation is 1. The largest absolute Gasteiger partial charge is 4.00 e. The maximum atomic E-state index is 3.61. The molecule has 0 fully saturated rings. The van der Waals surface area contributed by atoms with E-state index in [-0.39, 0.29) is 51.0 Å². The zero-order chi connectivity index (χ0) is 13.2. The van der Waals surface area contributed by atoms with E-state index in [1.54, 1.807) is 0 Å². The zero-order valence-corrected chi connectivity index (χ0v) is 18.2. The van der Waals surface area contributed by atoms with Crippen LogP contribution in [0.1, 0.15) is 12.0 Å². The average molecular weight is 491 g/mol. The normalized spacial score (nSPS) is 11.4. The van der Waals surface area contributed by atoms with Crippen LogP contribution in [0.4, 0.5) is 0 Å². The van der Waals surface area contributed by atoms with Gasteiger partial charge in [-0.3, -0.25) is 6.08 Å². The molecule has 4 rings (SSSR count). The van der Waals surface area contributed by atoms with Crippen LogP contribution in [0.3, 0.4) is 0 Å². The summed E-state index contributed by atoms with van der Waals surface area (Å²) in [5, 5.41) is 2.75. The summed E-state index contributed by atoms with van der Waals surface area (Å²) >= 11 is 5.48. The van der Waals surface area contributed by atoms with Crippen molar-refractivity contribution >= 4 is 47.4 Å². The van der Waals surface area contributed by atoms with E-state index in [0.29, 0.717) is 0 Å². The molecule has 1 aromatic heterocycles. The standard InChI is InChI=1S/C12H8BrS.C5H5.2ClH.Zr/c1-7-5-8-11(6-7)14-10-4-2-3-9(13)12(8)10;1-2-4-5-3-1;;;/h2-6H,1H3;1-3H,4H2;2*1H;/q2*-1;;;+4/p-2. The number of hydrogen-bond donors (Lipinski definition) is 0. The summed E-state index contributed by atoms with van der Waals surface area (Å²) in [5.41, 5.74) is 1.35. The molecule has 0 amide bonds. The molecule has 0 nitrogen and oxygen atoms in total. The van der Waals surface area contributed by atoms with Gasteiger partial charge in [0.2, 0.25) is 0 Å². The van der Waals surface area contributed by atoms with Gasteiger partial charge in [-0.05, 0) is 9.17 Å². The van der Waals surface area contributed by atoms with Gasteiger partial charge >= 0.3 is 26.2 Å². The zero-order valence-electron chi connectivity index (χ0n) is 11.9. The number of allylic oxidation sites excluding steroid dienone is 4. The van der Waals surface area contributed by atoms with E-state index in [0.717, 1.165) is 6.42 Å². The summed E-state index contributed by atoms with van der Waals surface area (Å²) in [5.74, 6) is 0. The fourth-order valence-corrected chi connectivity index (χ4v) is 4.15. The van der Waals surface area contributed by atoms with Gasteiger partial charge in [0, 0.05) is 0 Å². The minimum absolute atomic E-state index is 0. The van der Waals surface area contributed by atoms with Crippen LogP contribution in [0.25, 0.3) is 20.2 Å². The molecule has 3 aromatic rings. The van der Waals surface area contributed by atoms with Crippen molar-refractivity contribution < 1.29 is 51.0 Å². The van der Waals surface area contributed by atoms with E-state index < -0.39 is 0 Å². The van der Waals surface area contributed by atoms with Crippen LogP contribution in [-0.2, 0) is 26.2 Å². The number of rotatable bonds is 0. The number of fused-ring (bicyclic) bond motifs is 3. The van der Waals surface area contributed by atoms with Crippen molar-refractivity contribution in [3.8, 4) is 0 Å². The van der Waals surface area contributed by atoms with E-state index in [2.05, 4.69) is 65.3 Å². The van der Waals surface area contributed by atoms with Gasteiger partial charge in [-0.15, -0.1) is 23.4 Å². The SMILES string of the molecule is Cc1cc2sc3cccc(Br)c3c2[cH-]1.[C-]1=CC=CC1.[Cl-].[Cl-].[Zr+4]. The van der Waals surface area contributed by atoms with Crippen LogP contribution in [0.15, 0.2) is 53.0 Å². The Morgan fingerprint density at radius 3 is 2.59 bits per heavy atom. The van der Waals surface area contributed by atoms with Gasteiger partial charge in [-0.1, -0.05) is 51.1 Å². The predicted octanol–water partition coefficient (Wildman–Crippen LogP) is 0.156. The number of thiophene rings is 1. The van der Waals surface area contributed by atoms with Crippen molar-refractivity contribution in [3.05, 3.63) is 64.7 Å². The fourth-order valence-electron chi connectivity index (χ4n) is 2.21. The summed E-state index contributed by atoms with van der Waals surface area (Å²) in [6.07, 6.45) is 10.0. The van der Waals surface area contributed by atoms with Gasteiger partial charge in [0.1, 0.15) is 0 Å². The Labute approximate surface area is 175 Å². The minimum atomic E-state index is 0. The molecule has 0 N–H and O–H groups in total. The Morgan fingerprint density at radius 1 is 1.23 bits per heavy atom. The maximum absolute atomic E-state index is 3.61. The topological polar surface area (TPSA) is 0 Å². The van der Waals surface area contributed by atoms with Gasteiger partial charge < -0.3 is 24.8 Å². The molecule has 0 radical (unpaired) electrons. The molecule has 112 valence electrons. The van der Waals surface area contributed by atoms with Crippen molar-refractivity contribution in [2.24, 2.45) is 0 Å². The summed E-state index contributed by atoms with van der Waals surface area (Å²) in [4.78, 5) is 0. The first kappa shape index (κ1) is 22.2. The Hall–Kier alpha value is 0.213. The Morgan fingerprint density at radius 2 is 2.00 bits per heavy atom. The number of hydrogen-bond acceptors (Lipinski definition) is 1. The van der Waals surface area contributed by atoms with Crippen molar-refractivity contribution in [3.63, 3.8) is 0 Å². The predicted molar refractivity (Wildman–Crippen MR) is 88.9 cm³/mol. The monoisotopic (exact) mass is 488 g/mol. The van der Waals surface area contributed by atoms with Crippen molar-refractivity contribution in [1.29, 1.82) is 0 Å². The molecule has 0 bridgehead atoms. The summed E-state index contributed by atoms with van der Waals surface area (Å²) < 4.78 is 3.96. The molecule has 0 atom stereocenters. The summed E-state index contributed by atoms with van der Waals surface area (Å²) in [6, 6.07) is 10.9. The van der Waals surface area contributed by atoms with E-state index in [1.165, 1.54) is 30.2 Å². The second-order valence-electron chi connectivity index (χ2n) is 4.53. The smallest absolute Gasteiger partial charge is 1.00 e. The van der Waals surface area contributed by atoms with Crippen LogP contribution < -0.4 is 24.8 Å². The van der Waals surface area contributed by atoms with Crippen molar-refractivity contribution in [1.82, 2.24) is 0 Å². The fraction of sp³-hybridized carbons (Fsp3) is 0.118. The molecule has 1 heterocycles. The summed E-state index contributed by atoms with van der Waals surface area (Å²) in [7, 11) is 0. The third kappa shape index (κ3) is 4.85. The molecule has 0 aliphatic heterocycles. The first-order valence-electron chi connectivity index (χ1n) is 6.21. The second-order valence-corrected chi connectivity index (χ2v) is 6.47. The van der Waals surface area contributed by atoms with Gasteiger partial charge in [-0.2, -0.15) is 12.1 Å². The van der Waals surface area contributed by atoms with Gasteiger partial charge in [-0.25, -0.2) is 23.5 Å². The molecule has 1 aliphatic carbocycles. The number of halogens is 3. The molecule has 0 saturated carbocycles. The van der Waals surface area contributed by atoms with Crippen LogP contribution in [0.5, 0.6) is 0 Å². The van der Waals surface area contributed by atoms with Crippen LogP contribution in [0, 0.1) is 13.0 Å². The molecule has 2 aromatic carbocycles. The summed E-state index contributed by atoms with van der Waals surface area (Å²) in [6.45, 7) is 2.15. The molecule has 0 unspecified atom stereocenters. The molecule has 1 aliphatic rings. The quantitative estimate of drug-likeness (QED) is 0.393. The van der Waals surface area contributed by atoms with E-state index in [9.17, 15) is 0 Å². The Balaban J connectivity index is 0.000000482. The Bertz CT molecular complexity index is 777. The van der Waals surface area contributed by atoms with Crippen molar-refractivity contribution in [2.75, 3.05) is 0 Å². The Kier molecular flexibility index (Phi) is 10.3. The first-order chi connectivity index (χ1) is 9.25. The molecular formula is C17H13BrCl2SZr. The molecule has 22 heavy (non-hydrogen) atoms. The maximum Gasteiger partial charge on any atom is 4.00 e. The molecule has 5 heteroatoms. The third-order valence-corrected chi connectivity index (χ3v) is 4.83. The van der Waals surface area contributed by atoms with Gasteiger partial charge in [0.25, 0.3) is 0 Å². The second kappa shape index (κ2) is 10.2. The molecule has 0 saturated heterocycles. The van der Waals surface area contributed by atoms with Gasteiger partial charge in [0.05, 0.1) is 0 Å². The minimum Gasteiger partial charge on any atom is -1.00 e. The van der Waals surface area contributed by atoms with E-state index in [4.69, 9.17) is 0 Å². The molecule has 0 spiro atoms. The van der Waals surface area contributed by atoms with Gasteiger partial charge in [0.15, 0.2) is 0 Å². The van der Waals surface area contributed by atoms with E-state index in [1.807, 2.05) is 23.5 Å². The first-order valence-corrected chi connectivity index (χ1v) is 7.82. The van der Waals surface area contributed by atoms with Crippen molar-refractivity contribution in [2.45, 2.75) is 13.3 Å². The van der Waals surface area contributed by atoms with Crippen LogP contribution in [-0.4, -0.2) is 0 Å².